The van der Waals surface area contributed by atoms with E-state index >= 15 is 0 Å². The summed E-state index contributed by atoms with van der Waals surface area (Å²) in [5, 5.41) is 7.66. The molecule has 0 bridgehead atoms. The molecule has 0 spiro atoms. The molecule has 0 aliphatic heterocycles. The summed E-state index contributed by atoms with van der Waals surface area (Å²) < 4.78 is 4.88. The molecule has 1 atom stereocenters. The Morgan fingerprint density at radius 3 is 2.50 bits per heavy atom. The molecular weight excluding hydrogens is 180 g/mol. The Kier molecular flexibility index (Phi) is 5.79. The van der Waals surface area contributed by atoms with Gasteiger partial charge in [-0.15, -0.1) is 0 Å². The maximum atomic E-state index is 11.5. The molecule has 0 aromatic rings. The van der Waals surface area contributed by atoms with Crippen molar-refractivity contribution >= 4 is 11.7 Å². The fraction of sp³-hybridized carbons (Fsp3) is 0.600. The maximum Gasteiger partial charge on any atom is 0.329 e. The highest BCUT2D eigenvalue weighted by Crippen LogP contribution is 2.00. The Morgan fingerprint density at radius 2 is 2.14 bits per heavy atom. The van der Waals surface area contributed by atoms with Crippen LogP contribution in [0.4, 0.5) is 0 Å². The first-order valence-electron chi connectivity index (χ1n) is 4.58. The summed E-state index contributed by atoms with van der Waals surface area (Å²) in [6.07, 6.45) is 3.33. The number of likely N-dealkylation sites (N-methyl/N-ethyl adjacent to an activating group) is 1. The third-order valence-corrected chi connectivity index (χ3v) is 1.67. The molecule has 0 aliphatic carbocycles. The minimum Gasteiger partial charge on any atom is -0.465 e. The van der Waals surface area contributed by atoms with Crippen LogP contribution >= 0.6 is 0 Å². The third kappa shape index (κ3) is 3.70. The number of rotatable bonds is 5. The number of nitrogens with one attached hydrogen (secondary N) is 1. The molecule has 0 aliphatic rings. The van der Waals surface area contributed by atoms with Crippen molar-refractivity contribution in [2.24, 2.45) is 0 Å². The molecule has 0 saturated heterocycles. The van der Waals surface area contributed by atoms with Crippen molar-refractivity contribution in [2.75, 3.05) is 20.7 Å². The van der Waals surface area contributed by atoms with Gasteiger partial charge in [0.2, 0.25) is 0 Å². The second kappa shape index (κ2) is 6.32. The molecule has 4 nitrogen and oxygen atoms in total. The molecule has 0 heterocycles. The number of esters is 1. The molecule has 1 N–H and O–H groups in total. The number of ether oxygens (including phenoxy) is 1. The van der Waals surface area contributed by atoms with Gasteiger partial charge in [-0.1, -0.05) is 6.08 Å². The summed E-state index contributed by atoms with van der Waals surface area (Å²) in [4.78, 5) is 13.1. The zero-order chi connectivity index (χ0) is 11.1. The smallest absolute Gasteiger partial charge is 0.329 e. The first kappa shape index (κ1) is 12.8. The Balaban J connectivity index is 4.59. The Bertz CT molecular complexity index is 234. The fourth-order valence-corrected chi connectivity index (χ4v) is 1.11. The quantitative estimate of drug-likeness (QED) is 0.531. The average Bonchev–Trinajstić information content (AvgIpc) is 2.04. The lowest BCUT2D eigenvalue weighted by atomic mass is 10.1. The van der Waals surface area contributed by atoms with Crippen LogP contribution in [-0.2, 0) is 9.53 Å². The highest BCUT2D eigenvalue weighted by molar-refractivity contribution is 6.10. The van der Waals surface area contributed by atoms with Crippen LogP contribution in [0, 0.1) is 5.41 Å². The second-order valence-electron chi connectivity index (χ2n) is 3.07. The summed E-state index contributed by atoms with van der Waals surface area (Å²) in [5.74, 6) is -0.374. The lowest BCUT2D eigenvalue weighted by Gasteiger charge is -2.21. The summed E-state index contributed by atoms with van der Waals surface area (Å²) >= 11 is 0. The lowest BCUT2D eigenvalue weighted by Crippen LogP contribution is -2.42. The van der Waals surface area contributed by atoms with Crippen molar-refractivity contribution in [1.82, 2.24) is 4.90 Å². The lowest BCUT2D eigenvalue weighted by molar-refractivity contribution is -0.145. The molecule has 0 saturated carbocycles. The van der Waals surface area contributed by atoms with Crippen molar-refractivity contribution in [1.29, 1.82) is 5.41 Å². The van der Waals surface area contributed by atoms with E-state index in [0.29, 0.717) is 6.61 Å². The molecule has 1 unspecified atom stereocenters. The summed E-state index contributed by atoms with van der Waals surface area (Å²) in [7, 11) is 3.50. The van der Waals surface area contributed by atoms with Crippen LogP contribution in [0.2, 0.25) is 0 Å². The van der Waals surface area contributed by atoms with Gasteiger partial charge < -0.3 is 10.1 Å². The number of carbonyl (C=O) groups excluding carboxylic acids is 1. The molecular formula is C10H18N2O2. The number of allylic oxidation sites excluding steroid dienone is 1. The zero-order valence-electron chi connectivity index (χ0n) is 9.20. The van der Waals surface area contributed by atoms with E-state index in [-0.39, 0.29) is 11.7 Å². The first-order chi connectivity index (χ1) is 6.54. The van der Waals surface area contributed by atoms with Crippen LogP contribution in [-0.4, -0.2) is 43.3 Å². The fourth-order valence-electron chi connectivity index (χ4n) is 1.11. The van der Waals surface area contributed by atoms with Crippen LogP contribution in [0.25, 0.3) is 0 Å². The second-order valence-corrected chi connectivity index (χ2v) is 3.07. The van der Waals surface area contributed by atoms with Crippen molar-refractivity contribution in [3.63, 3.8) is 0 Å². The summed E-state index contributed by atoms with van der Waals surface area (Å²) in [6.45, 7) is 3.91. The Morgan fingerprint density at radius 1 is 1.57 bits per heavy atom. The van der Waals surface area contributed by atoms with Gasteiger partial charge in [0.25, 0.3) is 0 Å². The molecule has 0 aromatic carbocycles. The van der Waals surface area contributed by atoms with Gasteiger partial charge >= 0.3 is 5.97 Å². The van der Waals surface area contributed by atoms with Gasteiger partial charge in [-0.05, 0) is 34.0 Å². The standard InChI is InChI=1S/C10H18N2O2/c1-5-7-8(11)9(12(3)4)10(13)14-6-2/h5,7,9,11H,6H2,1-4H3. The van der Waals surface area contributed by atoms with E-state index in [1.54, 1.807) is 38.1 Å². The Labute approximate surface area is 85.1 Å². The zero-order valence-corrected chi connectivity index (χ0v) is 9.20. The molecule has 0 rings (SSSR count). The van der Waals surface area contributed by atoms with Gasteiger partial charge in [0.05, 0.1) is 12.3 Å². The van der Waals surface area contributed by atoms with Gasteiger partial charge in [0.1, 0.15) is 6.04 Å². The highest BCUT2D eigenvalue weighted by atomic mass is 16.5. The van der Waals surface area contributed by atoms with E-state index in [1.165, 1.54) is 0 Å². The first-order valence-corrected chi connectivity index (χ1v) is 4.58. The maximum absolute atomic E-state index is 11.5. The molecule has 4 heteroatoms. The van der Waals surface area contributed by atoms with Crippen molar-refractivity contribution < 1.29 is 9.53 Å². The monoisotopic (exact) mass is 198 g/mol. The van der Waals surface area contributed by atoms with E-state index in [1.807, 2.05) is 6.92 Å². The molecule has 0 fully saturated rings. The van der Waals surface area contributed by atoms with Crippen LogP contribution < -0.4 is 0 Å². The van der Waals surface area contributed by atoms with Crippen molar-refractivity contribution in [3.8, 4) is 0 Å². The van der Waals surface area contributed by atoms with Gasteiger partial charge in [-0.25, -0.2) is 4.79 Å². The molecule has 0 aromatic heterocycles. The summed E-state index contributed by atoms with van der Waals surface area (Å²) in [6, 6.07) is -0.605. The van der Waals surface area contributed by atoms with E-state index in [4.69, 9.17) is 10.1 Å². The normalized spacial score (nSPS) is 13.2. The van der Waals surface area contributed by atoms with E-state index < -0.39 is 6.04 Å². The molecule has 80 valence electrons. The van der Waals surface area contributed by atoms with E-state index in [9.17, 15) is 4.79 Å². The van der Waals surface area contributed by atoms with Gasteiger partial charge in [0.15, 0.2) is 0 Å². The summed E-state index contributed by atoms with van der Waals surface area (Å²) in [5.41, 5.74) is 0.246. The number of hydrogen-bond acceptors (Lipinski definition) is 4. The predicted molar refractivity (Wildman–Crippen MR) is 56.6 cm³/mol. The van der Waals surface area contributed by atoms with Crippen molar-refractivity contribution in [3.05, 3.63) is 12.2 Å². The van der Waals surface area contributed by atoms with Crippen LogP contribution in [0.5, 0.6) is 0 Å². The van der Waals surface area contributed by atoms with E-state index in [0.717, 1.165) is 0 Å². The molecule has 0 amide bonds. The minimum absolute atomic E-state index is 0.246. The van der Waals surface area contributed by atoms with Gasteiger partial charge in [-0.3, -0.25) is 4.90 Å². The topological polar surface area (TPSA) is 53.4 Å². The van der Waals surface area contributed by atoms with Gasteiger partial charge in [0, 0.05) is 0 Å². The average molecular weight is 198 g/mol. The number of carbonyl (C=O) groups is 1. The van der Waals surface area contributed by atoms with Crippen LogP contribution in [0.3, 0.4) is 0 Å². The van der Waals surface area contributed by atoms with Crippen LogP contribution in [0.1, 0.15) is 13.8 Å². The number of nitrogens with zero attached hydrogens (tertiary/aromatic N) is 1. The largest absolute Gasteiger partial charge is 0.465 e. The van der Waals surface area contributed by atoms with Crippen LogP contribution in [0.15, 0.2) is 12.2 Å². The Hall–Kier alpha value is -1.16. The van der Waals surface area contributed by atoms with E-state index in [2.05, 4.69) is 0 Å². The molecule has 14 heavy (non-hydrogen) atoms. The molecule has 0 radical (unpaired) electrons. The third-order valence-electron chi connectivity index (χ3n) is 1.67. The van der Waals surface area contributed by atoms with Gasteiger partial charge in [-0.2, -0.15) is 0 Å². The number of hydrogen-bond donors (Lipinski definition) is 1. The van der Waals surface area contributed by atoms with Crippen molar-refractivity contribution in [2.45, 2.75) is 19.9 Å². The SMILES string of the molecule is CC=CC(=N)C(C(=O)OCC)N(C)C. The minimum atomic E-state index is -0.605. The highest BCUT2D eigenvalue weighted by Gasteiger charge is 2.25. The predicted octanol–water partition coefficient (Wildman–Crippen LogP) is 1.08.